The van der Waals surface area contributed by atoms with Crippen LogP contribution < -0.4 is 5.32 Å². The fraction of sp³-hybridized carbons (Fsp3) is 0.923. The molecule has 2 aliphatic heterocycles. The first-order valence-electron chi connectivity index (χ1n) is 7.01. The van der Waals surface area contributed by atoms with Gasteiger partial charge in [-0.15, -0.1) is 0 Å². The molecule has 0 saturated carbocycles. The second-order valence-corrected chi connectivity index (χ2v) is 5.29. The number of likely N-dealkylation sites (N-methyl/N-ethyl adjacent to an activating group) is 1. The SMILES string of the molecule is CCN(C)C(=O)CNCC1CN2CCCC2CO1. The van der Waals surface area contributed by atoms with E-state index in [0.29, 0.717) is 12.6 Å². The Kier molecular flexibility index (Phi) is 4.97. The average Bonchev–Trinajstić information content (AvgIpc) is 2.85. The number of fused-ring (bicyclic) bond motifs is 1. The summed E-state index contributed by atoms with van der Waals surface area (Å²) in [5.41, 5.74) is 0. The minimum atomic E-state index is 0.146. The van der Waals surface area contributed by atoms with Gasteiger partial charge >= 0.3 is 0 Å². The lowest BCUT2D eigenvalue weighted by Gasteiger charge is -2.35. The first kappa shape index (κ1) is 13.8. The number of nitrogens with one attached hydrogen (secondary N) is 1. The van der Waals surface area contributed by atoms with E-state index < -0.39 is 0 Å². The molecule has 0 aromatic carbocycles. The van der Waals surface area contributed by atoms with Crippen LogP contribution in [-0.4, -0.2) is 74.2 Å². The van der Waals surface area contributed by atoms with Crippen molar-refractivity contribution < 1.29 is 9.53 Å². The van der Waals surface area contributed by atoms with E-state index in [4.69, 9.17) is 4.74 Å². The van der Waals surface area contributed by atoms with Gasteiger partial charge in [0.15, 0.2) is 0 Å². The fourth-order valence-electron chi connectivity index (χ4n) is 2.66. The number of nitrogens with zero attached hydrogens (tertiary/aromatic N) is 2. The zero-order valence-corrected chi connectivity index (χ0v) is 11.5. The molecule has 2 rings (SSSR count). The van der Waals surface area contributed by atoms with E-state index in [1.807, 2.05) is 14.0 Å². The molecule has 18 heavy (non-hydrogen) atoms. The third kappa shape index (κ3) is 3.43. The summed E-state index contributed by atoms with van der Waals surface area (Å²) in [7, 11) is 1.83. The number of ether oxygens (including phenoxy) is 1. The molecule has 0 bridgehead atoms. The second-order valence-electron chi connectivity index (χ2n) is 5.29. The van der Waals surface area contributed by atoms with Crippen LogP contribution in [0.15, 0.2) is 0 Å². The van der Waals surface area contributed by atoms with Crippen molar-refractivity contribution in [1.82, 2.24) is 15.1 Å². The third-order valence-corrected chi connectivity index (χ3v) is 4.01. The summed E-state index contributed by atoms with van der Waals surface area (Å²) in [6, 6.07) is 0.647. The van der Waals surface area contributed by atoms with Gasteiger partial charge in [-0.25, -0.2) is 0 Å². The van der Waals surface area contributed by atoms with Gasteiger partial charge in [0.25, 0.3) is 0 Å². The number of amides is 1. The summed E-state index contributed by atoms with van der Waals surface area (Å²) in [4.78, 5) is 15.9. The topological polar surface area (TPSA) is 44.8 Å². The van der Waals surface area contributed by atoms with Gasteiger partial charge in [-0.2, -0.15) is 0 Å². The van der Waals surface area contributed by atoms with Gasteiger partial charge in [0.1, 0.15) is 0 Å². The van der Waals surface area contributed by atoms with Crippen molar-refractivity contribution >= 4 is 5.91 Å². The maximum Gasteiger partial charge on any atom is 0.236 e. The Bertz CT molecular complexity index is 285. The molecule has 0 radical (unpaired) electrons. The van der Waals surface area contributed by atoms with Gasteiger partial charge < -0.3 is 15.0 Å². The fourth-order valence-corrected chi connectivity index (χ4v) is 2.66. The highest BCUT2D eigenvalue weighted by molar-refractivity contribution is 5.77. The second kappa shape index (κ2) is 6.50. The van der Waals surface area contributed by atoms with Crippen LogP contribution in [0.5, 0.6) is 0 Å². The molecule has 2 fully saturated rings. The van der Waals surface area contributed by atoms with Crippen LogP contribution in [0.2, 0.25) is 0 Å². The first-order valence-corrected chi connectivity index (χ1v) is 7.01. The Morgan fingerprint density at radius 3 is 3.17 bits per heavy atom. The Morgan fingerprint density at radius 2 is 2.39 bits per heavy atom. The van der Waals surface area contributed by atoms with E-state index in [1.54, 1.807) is 4.90 Å². The minimum absolute atomic E-state index is 0.146. The van der Waals surface area contributed by atoms with Crippen LogP contribution >= 0.6 is 0 Å². The number of hydrogen-bond acceptors (Lipinski definition) is 4. The molecular formula is C13H25N3O2. The van der Waals surface area contributed by atoms with Crippen molar-refractivity contribution in [3.05, 3.63) is 0 Å². The van der Waals surface area contributed by atoms with Crippen LogP contribution in [-0.2, 0) is 9.53 Å². The third-order valence-electron chi connectivity index (χ3n) is 4.01. The molecule has 0 aromatic rings. The quantitative estimate of drug-likeness (QED) is 0.746. The van der Waals surface area contributed by atoms with E-state index in [1.165, 1.54) is 19.4 Å². The van der Waals surface area contributed by atoms with Crippen LogP contribution in [0.3, 0.4) is 0 Å². The Hall–Kier alpha value is -0.650. The van der Waals surface area contributed by atoms with E-state index in [2.05, 4.69) is 10.2 Å². The Labute approximate surface area is 109 Å². The number of carbonyl (C=O) groups is 1. The smallest absolute Gasteiger partial charge is 0.236 e. The highest BCUT2D eigenvalue weighted by Gasteiger charge is 2.31. The van der Waals surface area contributed by atoms with Crippen molar-refractivity contribution in [2.45, 2.75) is 31.9 Å². The summed E-state index contributed by atoms with van der Waals surface area (Å²) in [6.07, 6.45) is 2.81. The highest BCUT2D eigenvalue weighted by atomic mass is 16.5. The molecule has 5 heteroatoms. The standard InChI is InChI=1S/C13H25N3O2/c1-3-15(2)13(17)8-14-7-12-9-16-6-4-5-11(16)10-18-12/h11-12,14H,3-10H2,1-2H3. The minimum Gasteiger partial charge on any atom is -0.374 e. The van der Waals surface area contributed by atoms with Gasteiger partial charge in [-0.1, -0.05) is 0 Å². The summed E-state index contributed by atoms with van der Waals surface area (Å²) < 4.78 is 5.83. The maximum atomic E-state index is 11.6. The molecule has 2 unspecified atom stereocenters. The van der Waals surface area contributed by atoms with Crippen LogP contribution in [0.4, 0.5) is 0 Å². The van der Waals surface area contributed by atoms with E-state index in [0.717, 1.165) is 26.2 Å². The maximum absolute atomic E-state index is 11.6. The summed E-state index contributed by atoms with van der Waals surface area (Å²) >= 11 is 0. The largest absolute Gasteiger partial charge is 0.374 e. The van der Waals surface area contributed by atoms with Crippen LogP contribution in [0.25, 0.3) is 0 Å². The predicted octanol–water partition coefficient (Wildman–Crippen LogP) is -0.0825. The lowest BCUT2D eigenvalue weighted by molar-refractivity contribution is -0.128. The lowest BCUT2D eigenvalue weighted by Crippen LogP contribution is -2.50. The molecule has 2 heterocycles. The van der Waals surface area contributed by atoms with Crippen molar-refractivity contribution in [3.63, 3.8) is 0 Å². The molecule has 2 aliphatic rings. The lowest BCUT2D eigenvalue weighted by atomic mass is 10.2. The van der Waals surface area contributed by atoms with Gasteiger partial charge in [0.2, 0.25) is 5.91 Å². The van der Waals surface area contributed by atoms with Crippen molar-refractivity contribution in [3.8, 4) is 0 Å². The molecule has 2 atom stereocenters. The number of carbonyl (C=O) groups excluding carboxylic acids is 1. The van der Waals surface area contributed by atoms with Gasteiger partial charge in [-0.3, -0.25) is 9.69 Å². The summed E-state index contributed by atoms with van der Waals surface area (Å²) in [5, 5.41) is 3.21. The highest BCUT2D eigenvalue weighted by Crippen LogP contribution is 2.22. The predicted molar refractivity (Wildman–Crippen MR) is 70.5 cm³/mol. The molecule has 0 spiro atoms. The molecule has 2 saturated heterocycles. The average molecular weight is 255 g/mol. The zero-order valence-electron chi connectivity index (χ0n) is 11.5. The van der Waals surface area contributed by atoms with Crippen molar-refractivity contribution in [1.29, 1.82) is 0 Å². The van der Waals surface area contributed by atoms with Crippen molar-refractivity contribution in [2.75, 3.05) is 46.4 Å². The number of morpholine rings is 1. The summed E-state index contributed by atoms with van der Waals surface area (Å²) in [6.45, 7) is 7.00. The molecule has 0 aromatic heterocycles. The molecule has 5 nitrogen and oxygen atoms in total. The zero-order chi connectivity index (χ0) is 13.0. The summed E-state index contributed by atoms with van der Waals surface area (Å²) in [5.74, 6) is 0.146. The molecule has 0 aliphatic carbocycles. The van der Waals surface area contributed by atoms with Crippen LogP contribution in [0, 0.1) is 0 Å². The van der Waals surface area contributed by atoms with Crippen LogP contribution in [0.1, 0.15) is 19.8 Å². The molecule has 104 valence electrons. The van der Waals surface area contributed by atoms with Crippen molar-refractivity contribution in [2.24, 2.45) is 0 Å². The number of hydrogen-bond donors (Lipinski definition) is 1. The molecule has 1 amide bonds. The Balaban J connectivity index is 1.64. The normalized spacial score (nSPS) is 28.1. The molecular weight excluding hydrogens is 230 g/mol. The van der Waals surface area contributed by atoms with E-state index in [-0.39, 0.29) is 12.0 Å². The van der Waals surface area contributed by atoms with Gasteiger partial charge in [-0.05, 0) is 26.3 Å². The van der Waals surface area contributed by atoms with Gasteiger partial charge in [0, 0.05) is 32.7 Å². The van der Waals surface area contributed by atoms with Gasteiger partial charge in [0.05, 0.1) is 19.3 Å². The monoisotopic (exact) mass is 255 g/mol. The van der Waals surface area contributed by atoms with E-state index in [9.17, 15) is 4.79 Å². The first-order chi connectivity index (χ1) is 8.70. The Morgan fingerprint density at radius 1 is 1.56 bits per heavy atom. The molecule has 1 N–H and O–H groups in total. The van der Waals surface area contributed by atoms with E-state index >= 15 is 0 Å². The number of rotatable bonds is 5.